The van der Waals surface area contributed by atoms with Gasteiger partial charge in [-0.3, -0.25) is 0 Å². The number of carbonyl (C=O) groups is 1. The minimum Gasteiger partial charge on any atom is -0.462 e. The second-order valence-electron chi connectivity index (χ2n) is 5.32. The number of esters is 1. The summed E-state index contributed by atoms with van der Waals surface area (Å²) in [6.45, 7) is 6.23. The maximum Gasteiger partial charge on any atom is 0.348 e. The number of aromatic nitrogens is 3. The van der Waals surface area contributed by atoms with Crippen molar-refractivity contribution < 1.29 is 14.6 Å². The molecule has 3 aromatic rings. The van der Waals surface area contributed by atoms with E-state index in [1.54, 1.807) is 6.92 Å². The summed E-state index contributed by atoms with van der Waals surface area (Å²) >= 11 is 2.79. The standard InChI is InChI=1S/C16H18N4O3S2/c1-4-23-16(22)13-8(2)12-14(18-9(3)19-15(12)25-13)17-5-11-20-10(6-21)7-24-11/h7,21H,4-6H2,1-3H3,(H,17,18,19). The van der Waals surface area contributed by atoms with Crippen LogP contribution in [0.2, 0.25) is 0 Å². The van der Waals surface area contributed by atoms with Crippen LogP contribution >= 0.6 is 22.7 Å². The Morgan fingerprint density at radius 1 is 1.32 bits per heavy atom. The van der Waals surface area contributed by atoms with Crippen molar-refractivity contribution in [1.29, 1.82) is 0 Å². The highest BCUT2D eigenvalue weighted by atomic mass is 32.1. The Bertz CT molecular complexity index is 920. The Kier molecular flexibility index (Phi) is 5.26. The number of ether oxygens (including phenoxy) is 1. The highest BCUT2D eigenvalue weighted by Gasteiger charge is 2.21. The number of carbonyl (C=O) groups excluding carboxylic acids is 1. The number of hydrogen-bond acceptors (Lipinski definition) is 9. The number of aliphatic hydroxyl groups is 1. The van der Waals surface area contributed by atoms with Gasteiger partial charge in [-0.1, -0.05) is 0 Å². The third-order valence-corrected chi connectivity index (χ3v) is 5.59. The molecule has 0 saturated carbocycles. The van der Waals surface area contributed by atoms with E-state index in [0.29, 0.717) is 35.4 Å². The summed E-state index contributed by atoms with van der Waals surface area (Å²) in [4.78, 5) is 26.7. The van der Waals surface area contributed by atoms with E-state index in [1.165, 1.54) is 22.7 Å². The van der Waals surface area contributed by atoms with E-state index in [2.05, 4.69) is 20.3 Å². The smallest absolute Gasteiger partial charge is 0.348 e. The zero-order valence-electron chi connectivity index (χ0n) is 14.1. The topological polar surface area (TPSA) is 97.2 Å². The number of aliphatic hydroxyl groups excluding tert-OH is 1. The van der Waals surface area contributed by atoms with Crippen molar-refractivity contribution in [3.8, 4) is 0 Å². The largest absolute Gasteiger partial charge is 0.462 e. The first-order valence-corrected chi connectivity index (χ1v) is 9.46. The molecule has 0 aliphatic carbocycles. The van der Waals surface area contributed by atoms with Gasteiger partial charge in [0.25, 0.3) is 0 Å². The SMILES string of the molecule is CCOC(=O)c1sc2nc(C)nc(NCc3nc(CO)cs3)c2c1C. The average Bonchev–Trinajstić information content (AvgIpc) is 3.17. The molecular formula is C16H18N4O3S2. The van der Waals surface area contributed by atoms with Crippen molar-refractivity contribution in [2.24, 2.45) is 0 Å². The monoisotopic (exact) mass is 378 g/mol. The lowest BCUT2D eigenvalue weighted by atomic mass is 10.2. The van der Waals surface area contributed by atoms with Crippen molar-refractivity contribution in [2.45, 2.75) is 33.9 Å². The third-order valence-electron chi connectivity index (χ3n) is 3.53. The fourth-order valence-corrected chi connectivity index (χ4v) is 4.27. The zero-order valence-corrected chi connectivity index (χ0v) is 15.8. The van der Waals surface area contributed by atoms with Gasteiger partial charge in [-0.25, -0.2) is 19.7 Å². The molecule has 0 radical (unpaired) electrons. The van der Waals surface area contributed by atoms with Gasteiger partial charge in [0.2, 0.25) is 0 Å². The highest BCUT2D eigenvalue weighted by Crippen LogP contribution is 2.34. The predicted octanol–water partition coefficient (Wildman–Crippen LogP) is 3.05. The molecule has 132 valence electrons. The average molecular weight is 378 g/mol. The number of hydrogen-bond donors (Lipinski definition) is 2. The van der Waals surface area contributed by atoms with Crippen molar-refractivity contribution in [2.75, 3.05) is 11.9 Å². The second kappa shape index (κ2) is 7.42. The van der Waals surface area contributed by atoms with E-state index in [1.807, 2.05) is 19.2 Å². The summed E-state index contributed by atoms with van der Waals surface area (Å²) in [6, 6.07) is 0. The number of thiazole rings is 1. The van der Waals surface area contributed by atoms with Gasteiger partial charge in [-0.15, -0.1) is 22.7 Å². The normalized spacial score (nSPS) is 11.0. The lowest BCUT2D eigenvalue weighted by molar-refractivity contribution is 0.0531. The molecule has 0 aliphatic rings. The van der Waals surface area contributed by atoms with Crippen LogP contribution < -0.4 is 5.32 Å². The Balaban J connectivity index is 1.94. The van der Waals surface area contributed by atoms with Crippen LogP contribution in [-0.4, -0.2) is 32.6 Å². The summed E-state index contributed by atoms with van der Waals surface area (Å²) in [5, 5.41) is 15.9. The zero-order chi connectivity index (χ0) is 18.0. The Morgan fingerprint density at radius 2 is 2.12 bits per heavy atom. The molecule has 0 spiro atoms. The van der Waals surface area contributed by atoms with Gasteiger partial charge in [0.15, 0.2) is 0 Å². The van der Waals surface area contributed by atoms with E-state index in [9.17, 15) is 4.79 Å². The van der Waals surface area contributed by atoms with E-state index in [-0.39, 0.29) is 12.6 Å². The van der Waals surface area contributed by atoms with Crippen LogP contribution in [0.5, 0.6) is 0 Å². The van der Waals surface area contributed by atoms with E-state index >= 15 is 0 Å². The number of fused-ring (bicyclic) bond motifs is 1. The molecule has 2 N–H and O–H groups in total. The van der Waals surface area contributed by atoms with Gasteiger partial charge >= 0.3 is 5.97 Å². The lowest BCUT2D eigenvalue weighted by Gasteiger charge is -2.07. The Morgan fingerprint density at radius 3 is 2.80 bits per heavy atom. The lowest BCUT2D eigenvalue weighted by Crippen LogP contribution is -2.05. The minimum atomic E-state index is -0.334. The van der Waals surface area contributed by atoms with Crippen molar-refractivity contribution in [3.63, 3.8) is 0 Å². The van der Waals surface area contributed by atoms with E-state index in [4.69, 9.17) is 9.84 Å². The summed E-state index contributed by atoms with van der Waals surface area (Å²) in [7, 11) is 0. The molecular weight excluding hydrogens is 360 g/mol. The quantitative estimate of drug-likeness (QED) is 0.636. The number of thiophene rings is 1. The molecule has 0 aromatic carbocycles. The molecule has 3 heterocycles. The Hall–Kier alpha value is -2.10. The maximum atomic E-state index is 12.1. The fraction of sp³-hybridized carbons (Fsp3) is 0.375. The summed E-state index contributed by atoms with van der Waals surface area (Å²) < 4.78 is 5.12. The molecule has 0 atom stereocenters. The van der Waals surface area contributed by atoms with Gasteiger partial charge in [-0.2, -0.15) is 0 Å². The molecule has 0 fully saturated rings. The van der Waals surface area contributed by atoms with Crippen LogP contribution in [0, 0.1) is 13.8 Å². The maximum absolute atomic E-state index is 12.1. The van der Waals surface area contributed by atoms with Gasteiger partial charge in [-0.05, 0) is 26.3 Å². The number of anilines is 1. The third kappa shape index (κ3) is 3.63. The van der Waals surface area contributed by atoms with Crippen molar-refractivity contribution in [3.05, 3.63) is 32.3 Å². The highest BCUT2D eigenvalue weighted by molar-refractivity contribution is 7.20. The first-order chi connectivity index (χ1) is 12.0. The number of rotatable bonds is 6. The van der Waals surface area contributed by atoms with Gasteiger partial charge in [0.05, 0.1) is 30.8 Å². The van der Waals surface area contributed by atoms with E-state index in [0.717, 1.165) is 20.8 Å². The Labute approximate surface area is 152 Å². The molecule has 0 aliphatic heterocycles. The van der Waals surface area contributed by atoms with Gasteiger partial charge < -0.3 is 15.2 Å². The molecule has 7 nitrogen and oxygen atoms in total. The summed E-state index contributed by atoms with van der Waals surface area (Å²) in [5.74, 6) is 0.966. The van der Waals surface area contributed by atoms with Crippen LogP contribution in [0.1, 0.15) is 38.7 Å². The predicted molar refractivity (Wildman–Crippen MR) is 98.2 cm³/mol. The number of aryl methyl sites for hydroxylation is 2. The first kappa shape index (κ1) is 17.7. The van der Waals surface area contributed by atoms with Gasteiger partial charge in [0.1, 0.15) is 26.4 Å². The van der Waals surface area contributed by atoms with Crippen LogP contribution in [0.15, 0.2) is 5.38 Å². The van der Waals surface area contributed by atoms with Crippen LogP contribution in [0.25, 0.3) is 10.2 Å². The minimum absolute atomic E-state index is 0.0695. The fourth-order valence-electron chi connectivity index (χ4n) is 2.43. The van der Waals surface area contributed by atoms with E-state index < -0.39 is 0 Å². The number of nitrogens with one attached hydrogen (secondary N) is 1. The molecule has 9 heteroatoms. The molecule has 3 aromatic heterocycles. The molecule has 0 saturated heterocycles. The molecule has 25 heavy (non-hydrogen) atoms. The van der Waals surface area contributed by atoms with Crippen LogP contribution in [0.4, 0.5) is 5.82 Å². The first-order valence-electron chi connectivity index (χ1n) is 7.76. The van der Waals surface area contributed by atoms with Crippen molar-refractivity contribution >= 4 is 44.7 Å². The number of nitrogens with zero attached hydrogens (tertiary/aromatic N) is 3. The molecule has 0 unspecified atom stereocenters. The van der Waals surface area contributed by atoms with Crippen molar-refractivity contribution in [1.82, 2.24) is 15.0 Å². The molecule has 3 rings (SSSR count). The summed E-state index contributed by atoms with van der Waals surface area (Å²) in [6.07, 6.45) is 0. The van der Waals surface area contributed by atoms with Crippen LogP contribution in [-0.2, 0) is 17.9 Å². The molecule has 0 amide bonds. The molecule has 0 bridgehead atoms. The van der Waals surface area contributed by atoms with Gasteiger partial charge in [0, 0.05) is 5.38 Å². The summed E-state index contributed by atoms with van der Waals surface area (Å²) in [5.41, 5.74) is 1.47. The van der Waals surface area contributed by atoms with Crippen LogP contribution in [0.3, 0.4) is 0 Å². The second-order valence-corrected chi connectivity index (χ2v) is 7.26.